The van der Waals surface area contributed by atoms with Crippen molar-refractivity contribution in [2.24, 2.45) is 0 Å². The lowest BCUT2D eigenvalue weighted by molar-refractivity contribution is -0.139. The molecular formula is C13H14N2O2S. The van der Waals surface area contributed by atoms with E-state index in [1.807, 2.05) is 37.4 Å². The lowest BCUT2D eigenvalue weighted by atomic mass is 10.1. The van der Waals surface area contributed by atoms with Crippen LogP contribution in [0.25, 0.3) is 10.6 Å². The Morgan fingerprint density at radius 2 is 2.28 bits per heavy atom. The van der Waals surface area contributed by atoms with Crippen LogP contribution in [-0.2, 0) is 4.79 Å². The number of aromatic nitrogens is 2. The van der Waals surface area contributed by atoms with Crippen LogP contribution in [0.2, 0.25) is 0 Å². The van der Waals surface area contributed by atoms with Crippen molar-refractivity contribution in [1.29, 1.82) is 0 Å². The van der Waals surface area contributed by atoms with Gasteiger partial charge in [0.15, 0.2) is 0 Å². The highest BCUT2D eigenvalue weighted by Gasteiger charge is 2.21. The van der Waals surface area contributed by atoms with Crippen LogP contribution in [-0.4, -0.2) is 21.0 Å². The Morgan fingerprint density at radius 3 is 2.83 bits per heavy atom. The zero-order chi connectivity index (χ0) is 13.1. The number of carboxylic acids is 1. The minimum absolute atomic E-state index is 0.397. The molecule has 2 aromatic heterocycles. The van der Waals surface area contributed by atoms with E-state index >= 15 is 0 Å². The van der Waals surface area contributed by atoms with Crippen molar-refractivity contribution in [3.8, 4) is 10.6 Å². The molecule has 0 fully saturated rings. The van der Waals surface area contributed by atoms with Crippen LogP contribution < -0.4 is 0 Å². The molecule has 0 aromatic carbocycles. The van der Waals surface area contributed by atoms with Crippen LogP contribution >= 0.6 is 11.3 Å². The Bertz CT molecular complexity index is 552. The number of hydrogen-bond acceptors (Lipinski definition) is 4. The molecule has 0 bridgehead atoms. The Morgan fingerprint density at radius 1 is 1.50 bits per heavy atom. The zero-order valence-corrected chi connectivity index (χ0v) is 11.1. The van der Waals surface area contributed by atoms with Gasteiger partial charge in [0, 0.05) is 5.69 Å². The van der Waals surface area contributed by atoms with Crippen LogP contribution in [0.4, 0.5) is 0 Å². The lowest BCUT2D eigenvalue weighted by Gasteiger charge is -2.10. The summed E-state index contributed by atoms with van der Waals surface area (Å²) in [6.45, 7) is 3.69. The molecule has 5 heteroatoms. The molecule has 1 atom stereocenters. The van der Waals surface area contributed by atoms with E-state index in [1.165, 1.54) is 0 Å². The zero-order valence-electron chi connectivity index (χ0n) is 10.3. The van der Waals surface area contributed by atoms with Gasteiger partial charge in [-0.05, 0) is 30.9 Å². The average Bonchev–Trinajstić information content (AvgIpc) is 2.82. The van der Waals surface area contributed by atoms with E-state index < -0.39 is 11.9 Å². The van der Waals surface area contributed by atoms with Crippen molar-refractivity contribution in [1.82, 2.24) is 9.97 Å². The summed E-state index contributed by atoms with van der Waals surface area (Å²) in [7, 11) is 0. The summed E-state index contributed by atoms with van der Waals surface area (Å²) in [5, 5.41) is 11.1. The molecule has 0 saturated carbocycles. The fraction of sp³-hybridized carbons (Fsp3) is 0.308. The van der Waals surface area contributed by atoms with E-state index in [1.54, 1.807) is 11.3 Å². The second-order valence-corrected chi connectivity index (χ2v) is 4.98. The number of carboxylic acid groups (broad SMARTS) is 1. The Labute approximate surface area is 109 Å². The third-order valence-corrected chi connectivity index (χ3v) is 3.56. The molecule has 0 radical (unpaired) electrons. The minimum atomic E-state index is -0.875. The SMILES string of the molecule is CCC(C(=O)O)c1nc(C)cc(-c2cccs2)n1. The third-order valence-electron chi connectivity index (χ3n) is 2.66. The normalized spacial score (nSPS) is 12.3. The number of rotatable bonds is 4. The van der Waals surface area contributed by atoms with Crippen LogP contribution in [0.3, 0.4) is 0 Å². The predicted octanol–water partition coefficient (Wildman–Crippen LogP) is 3.09. The highest BCUT2D eigenvalue weighted by molar-refractivity contribution is 7.13. The summed E-state index contributed by atoms with van der Waals surface area (Å²) in [4.78, 5) is 20.8. The van der Waals surface area contributed by atoms with Crippen molar-refractivity contribution in [2.75, 3.05) is 0 Å². The summed E-state index contributed by atoms with van der Waals surface area (Å²) >= 11 is 1.58. The molecule has 0 aliphatic heterocycles. The van der Waals surface area contributed by atoms with Crippen molar-refractivity contribution < 1.29 is 9.90 Å². The van der Waals surface area contributed by atoms with Crippen molar-refractivity contribution in [3.63, 3.8) is 0 Å². The molecule has 18 heavy (non-hydrogen) atoms. The van der Waals surface area contributed by atoms with Crippen LogP contribution in [0.5, 0.6) is 0 Å². The molecule has 94 valence electrons. The maximum atomic E-state index is 11.2. The fourth-order valence-corrected chi connectivity index (χ4v) is 2.45. The molecule has 1 N–H and O–H groups in total. The lowest BCUT2D eigenvalue weighted by Crippen LogP contribution is -2.14. The van der Waals surface area contributed by atoms with Gasteiger partial charge in [-0.1, -0.05) is 13.0 Å². The van der Waals surface area contributed by atoms with Gasteiger partial charge in [0.1, 0.15) is 11.7 Å². The molecule has 2 rings (SSSR count). The van der Waals surface area contributed by atoms with Gasteiger partial charge in [-0.15, -0.1) is 11.3 Å². The van der Waals surface area contributed by atoms with Crippen molar-refractivity contribution >= 4 is 17.3 Å². The van der Waals surface area contributed by atoms with Gasteiger partial charge in [-0.25, -0.2) is 9.97 Å². The first-order valence-electron chi connectivity index (χ1n) is 5.74. The van der Waals surface area contributed by atoms with Gasteiger partial charge in [0.25, 0.3) is 0 Å². The molecule has 2 heterocycles. The molecule has 1 unspecified atom stereocenters. The predicted molar refractivity (Wildman–Crippen MR) is 70.7 cm³/mol. The maximum Gasteiger partial charge on any atom is 0.314 e. The number of carbonyl (C=O) groups is 1. The highest BCUT2D eigenvalue weighted by Crippen LogP contribution is 2.25. The van der Waals surface area contributed by atoms with E-state index in [0.717, 1.165) is 16.3 Å². The van der Waals surface area contributed by atoms with Gasteiger partial charge in [0.2, 0.25) is 0 Å². The molecule has 4 nitrogen and oxygen atoms in total. The van der Waals surface area contributed by atoms with Crippen LogP contribution in [0.15, 0.2) is 23.6 Å². The highest BCUT2D eigenvalue weighted by atomic mass is 32.1. The van der Waals surface area contributed by atoms with Crippen molar-refractivity contribution in [2.45, 2.75) is 26.2 Å². The quantitative estimate of drug-likeness (QED) is 0.919. The molecule has 0 saturated heterocycles. The second kappa shape index (κ2) is 5.27. The summed E-state index contributed by atoms with van der Waals surface area (Å²) in [5.41, 5.74) is 1.59. The van der Waals surface area contributed by atoms with Crippen LogP contribution in [0, 0.1) is 6.92 Å². The summed E-state index contributed by atoms with van der Waals surface area (Å²) in [6.07, 6.45) is 0.489. The second-order valence-electron chi connectivity index (χ2n) is 4.03. The monoisotopic (exact) mass is 262 g/mol. The topological polar surface area (TPSA) is 63.1 Å². The molecule has 0 spiro atoms. The summed E-state index contributed by atoms with van der Waals surface area (Å²) < 4.78 is 0. The first-order valence-corrected chi connectivity index (χ1v) is 6.62. The number of nitrogens with zero attached hydrogens (tertiary/aromatic N) is 2. The summed E-state index contributed by atoms with van der Waals surface area (Å²) in [5.74, 6) is -1.11. The number of thiophene rings is 1. The smallest absolute Gasteiger partial charge is 0.314 e. The first kappa shape index (κ1) is 12.7. The summed E-state index contributed by atoms with van der Waals surface area (Å²) in [6, 6.07) is 5.80. The maximum absolute atomic E-state index is 11.2. The Balaban J connectivity index is 2.47. The fourth-order valence-electron chi connectivity index (χ4n) is 1.77. The van der Waals surface area contributed by atoms with Gasteiger partial charge in [-0.2, -0.15) is 0 Å². The van der Waals surface area contributed by atoms with Gasteiger partial charge >= 0.3 is 5.97 Å². The molecular weight excluding hydrogens is 248 g/mol. The number of hydrogen-bond donors (Lipinski definition) is 1. The van der Waals surface area contributed by atoms with E-state index in [-0.39, 0.29) is 0 Å². The number of aryl methyl sites for hydroxylation is 1. The van der Waals surface area contributed by atoms with E-state index in [4.69, 9.17) is 5.11 Å². The van der Waals surface area contributed by atoms with Gasteiger partial charge in [-0.3, -0.25) is 4.79 Å². The first-order chi connectivity index (χ1) is 8.61. The van der Waals surface area contributed by atoms with Crippen molar-refractivity contribution in [3.05, 3.63) is 35.1 Å². The van der Waals surface area contributed by atoms with E-state index in [0.29, 0.717) is 12.2 Å². The third kappa shape index (κ3) is 2.56. The number of aliphatic carboxylic acids is 1. The molecule has 0 amide bonds. The Kier molecular flexibility index (Phi) is 3.72. The molecule has 2 aromatic rings. The Hall–Kier alpha value is -1.75. The van der Waals surface area contributed by atoms with Crippen LogP contribution in [0.1, 0.15) is 30.8 Å². The standard InChI is InChI=1S/C13H14N2O2S/c1-3-9(13(16)17)12-14-8(2)7-10(15-12)11-5-4-6-18-11/h4-7,9H,3H2,1-2H3,(H,16,17). The largest absolute Gasteiger partial charge is 0.481 e. The molecule has 0 aliphatic rings. The van der Waals surface area contributed by atoms with Gasteiger partial charge in [0.05, 0.1) is 10.6 Å². The van der Waals surface area contributed by atoms with E-state index in [2.05, 4.69) is 9.97 Å². The van der Waals surface area contributed by atoms with E-state index in [9.17, 15) is 4.79 Å². The molecule has 0 aliphatic carbocycles. The van der Waals surface area contributed by atoms with Gasteiger partial charge < -0.3 is 5.11 Å². The minimum Gasteiger partial charge on any atom is -0.481 e. The average molecular weight is 262 g/mol.